The van der Waals surface area contributed by atoms with Gasteiger partial charge < -0.3 is 9.84 Å². The molecule has 0 bridgehead atoms. The Kier molecular flexibility index (Phi) is 5.46. The van der Waals surface area contributed by atoms with Crippen molar-refractivity contribution in [3.63, 3.8) is 0 Å². The van der Waals surface area contributed by atoms with Gasteiger partial charge >= 0.3 is 0 Å². The Labute approximate surface area is 153 Å². The van der Waals surface area contributed by atoms with Crippen molar-refractivity contribution in [2.24, 2.45) is 5.92 Å². The molecule has 1 amide bonds. The van der Waals surface area contributed by atoms with E-state index in [4.69, 9.17) is 4.52 Å². The largest absolute Gasteiger partial charge is 0.340 e. The average molecular weight is 349 g/mol. The molecule has 0 aliphatic rings. The summed E-state index contributed by atoms with van der Waals surface area (Å²) in [6.45, 7) is 6.17. The van der Waals surface area contributed by atoms with Crippen LogP contribution in [-0.4, -0.2) is 16.0 Å². The topological polar surface area (TPSA) is 68.0 Å². The van der Waals surface area contributed by atoms with E-state index in [1.807, 2.05) is 49.4 Å². The van der Waals surface area contributed by atoms with Crippen LogP contribution in [0.15, 0.2) is 59.1 Å². The molecule has 3 aromatic rings. The van der Waals surface area contributed by atoms with Crippen molar-refractivity contribution >= 4 is 5.91 Å². The third kappa shape index (κ3) is 3.99. The number of benzene rings is 2. The number of amides is 1. The van der Waals surface area contributed by atoms with Crippen LogP contribution in [0.25, 0.3) is 11.4 Å². The summed E-state index contributed by atoms with van der Waals surface area (Å²) in [6.07, 6.45) is 0.877. The maximum atomic E-state index is 12.6. The lowest BCUT2D eigenvalue weighted by Gasteiger charge is -2.20. The van der Waals surface area contributed by atoms with Gasteiger partial charge in [-0.05, 0) is 25.0 Å². The quantitative estimate of drug-likeness (QED) is 0.708. The molecule has 2 aromatic carbocycles. The van der Waals surface area contributed by atoms with Crippen molar-refractivity contribution in [1.82, 2.24) is 15.5 Å². The van der Waals surface area contributed by atoms with Crippen LogP contribution >= 0.6 is 0 Å². The predicted molar refractivity (Wildman–Crippen MR) is 101 cm³/mol. The molecule has 0 aliphatic heterocycles. The van der Waals surface area contributed by atoms with Crippen LogP contribution in [0.2, 0.25) is 0 Å². The Bertz CT molecular complexity index is 856. The molecular weight excluding hydrogens is 326 g/mol. The van der Waals surface area contributed by atoms with E-state index in [-0.39, 0.29) is 17.9 Å². The minimum absolute atomic E-state index is 0.147. The second-order valence-electron chi connectivity index (χ2n) is 6.52. The normalized spacial score (nSPS) is 13.2. The Morgan fingerprint density at radius 2 is 1.81 bits per heavy atom. The molecule has 0 unspecified atom stereocenters. The highest BCUT2D eigenvalue weighted by molar-refractivity contribution is 5.94. The summed E-state index contributed by atoms with van der Waals surface area (Å²) in [5, 5.41) is 7.14. The van der Waals surface area contributed by atoms with Gasteiger partial charge in [0.25, 0.3) is 5.91 Å². The number of aryl methyl sites for hydroxylation is 1. The Morgan fingerprint density at radius 1 is 1.12 bits per heavy atom. The van der Waals surface area contributed by atoms with Crippen molar-refractivity contribution in [3.8, 4) is 11.4 Å². The van der Waals surface area contributed by atoms with Crippen LogP contribution < -0.4 is 5.32 Å². The standard InChI is InChI=1S/C21H23N3O2/c1-4-15(3)18(22-20(25)17-8-6-5-7-9-17)21-23-19(24-26-21)16-12-10-14(2)11-13-16/h5-13,15,18H,4H2,1-3H3,(H,22,25)/t15-,18+/m1/s1. The van der Waals surface area contributed by atoms with E-state index in [1.54, 1.807) is 12.1 Å². The molecule has 1 heterocycles. The molecule has 0 spiro atoms. The van der Waals surface area contributed by atoms with Crippen molar-refractivity contribution in [2.75, 3.05) is 0 Å². The van der Waals surface area contributed by atoms with E-state index >= 15 is 0 Å². The highest BCUT2D eigenvalue weighted by atomic mass is 16.5. The number of nitrogens with zero attached hydrogens (tertiary/aromatic N) is 2. The van der Waals surface area contributed by atoms with Crippen LogP contribution in [0.3, 0.4) is 0 Å². The molecule has 5 nitrogen and oxygen atoms in total. The fourth-order valence-electron chi connectivity index (χ4n) is 2.68. The molecule has 0 aliphatic carbocycles. The van der Waals surface area contributed by atoms with Crippen LogP contribution in [-0.2, 0) is 0 Å². The van der Waals surface area contributed by atoms with Crippen molar-refractivity contribution in [2.45, 2.75) is 33.2 Å². The van der Waals surface area contributed by atoms with Crippen LogP contribution in [0.4, 0.5) is 0 Å². The molecule has 5 heteroatoms. The maximum absolute atomic E-state index is 12.6. The Balaban J connectivity index is 1.84. The number of aromatic nitrogens is 2. The molecule has 26 heavy (non-hydrogen) atoms. The summed E-state index contributed by atoms with van der Waals surface area (Å²) < 4.78 is 5.50. The SMILES string of the molecule is CC[C@@H](C)[C@H](NC(=O)c1ccccc1)c1nc(-c2ccc(C)cc2)no1. The number of carbonyl (C=O) groups excluding carboxylic acids is 1. The zero-order chi connectivity index (χ0) is 18.5. The highest BCUT2D eigenvalue weighted by Gasteiger charge is 2.26. The van der Waals surface area contributed by atoms with Gasteiger partial charge in [-0.2, -0.15) is 4.98 Å². The summed E-state index contributed by atoms with van der Waals surface area (Å²) in [5.41, 5.74) is 2.67. The molecule has 2 atom stereocenters. The lowest BCUT2D eigenvalue weighted by molar-refractivity contribution is 0.0910. The first-order valence-corrected chi connectivity index (χ1v) is 8.85. The fraction of sp³-hybridized carbons (Fsp3) is 0.286. The minimum Gasteiger partial charge on any atom is -0.340 e. The number of nitrogens with one attached hydrogen (secondary N) is 1. The minimum atomic E-state index is -0.334. The predicted octanol–water partition coefficient (Wildman–Crippen LogP) is 4.56. The lowest BCUT2D eigenvalue weighted by Crippen LogP contribution is -2.32. The molecule has 134 valence electrons. The summed E-state index contributed by atoms with van der Waals surface area (Å²) in [7, 11) is 0. The summed E-state index contributed by atoms with van der Waals surface area (Å²) in [6, 6.07) is 16.8. The fourth-order valence-corrected chi connectivity index (χ4v) is 2.68. The van der Waals surface area contributed by atoms with E-state index in [2.05, 4.69) is 29.3 Å². The van der Waals surface area contributed by atoms with Gasteiger partial charge in [0.2, 0.25) is 11.7 Å². The van der Waals surface area contributed by atoms with Crippen LogP contribution in [0.1, 0.15) is 48.1 Å². The average Bonchev–Trinajstić information content (AvgIpc) is 3.16. The molecule has 0 saturated carbocycles. The molecule has 1 N–H and O–H groups in total. The first kappa shape index (κ1) is 17.9. The summed E-state index contributed by atoms with van der Waals surface area (Å²) >= 11 is 0. The molecule has 0 saturated heterocycles. The van der Waals surface area contributed by atoms with Gasteiger partial charge in [-0.15, -0.1) is 0 Å². The van der Waals surface area contributed by atoms with E-state index in [0.717, 1.165) is 12.0 Å². The molecule has 0 fully saturated rings. The lowest BCUT2D eigenvalue weighted by atomic mass is 9.98. The Hall–Kier alpha value is -2.95. The third-order valence-electron chi connectivity index (χ3n) is 4.55. The van der Waals surface area contributed by atoms with Crippen molar-refractivity contribution < 1.29 is 9.32 Å². The highest BCUT2D eigenvalue weighted by Crippen LogP contribution is 2.26. The first-order chi connectivity index (χ1) is 12.6. The van der Waals surface area contributed by atoms with Crippen molar-refractivity contribution in [3.05, 3.63) is 71.6 Å². The monoisotopic (exact) mass is 349 g/mol. The van der Waals surface area contributed by atoms with E-state index in [0.29, 0.717) is 17.3 Å². The number of hydrogen-bond acceptors (Lipinski definition) is 4. The van der Waals surface area contributed by atoms with Gasteiger partial charge in [0.05, 0.1) is 0 Å². The van der Waals surface area contributed by atoms with E-state index < -0.39 is 0 Å². The van der Waals surface area contributed by atoms with Gasteiger partial charge in [-0.3, -0.25) is 4.79 Å². The van der Waals surface area contributed by atoms with Gasteiger partial charge in [0, 0.05) is 11.1 Å². The van der Waals surface area contributed by atoms with E-state index in [9.17, 15) is 4.79 Å². The van der Waals surface area contributed by atoms with E-state index in [1.165, 1.54) is 5.56 Å². The zero-order valence-corrected chi connectivity index (χ0v) is 15.3. The number of carbonyl (C=O) groups is 1. The summed E-state index contributed by atoms with van der Waals surface area (Å²) in [5.74, 6) is 0.974. The number of hydrogen-bond donors (Lipinski definition) is 1. The second kappa shape index (κ2) is 7.95. The Morgan fingerprint density at radius 3 is 2.46 bits per heavy atom. The second-order valence-corrected chi connectivity index (χ2v) is 6.52. The van der Waals surface area contributed by atoms with Gasteiger partial charge in [0.15, 0.2) is 0 Å². The summed E-state index contributed by atoms with van der Waals surface area (Å²) in [4.78, 5) is 17.1. The number of rotatable bonds is 6. The van der Waals surface area contributed by atoms with Gasteiger partial charge in [-0.1, -0.05) is 73.5 Å². The van der Waals surface area contributed by atoms with Gasteiger partial charge in [-0.25, -0.2) is 0 Å². The van der Waals surface area contributed by atoms with Crippen LogP contribution in [0, 0.1) is 12.8 Å². The first-order valence-electron chi connectivity index (χ1n) is 8.85. The van der Waals surface area contributed by atoms with Crippen LogP contribution in [0.5, 0.6) is 0 Å². The maximum Gasteiger partial charge on any atom is 0.251 e. The van der Waals surface area contributed by atoms with Gasteiger partial charge in [0.1, 0.15) is 6.04 Å². The molecule has 3 rings (SSSR count). The zero-order valence-electron chi connectivity index (χ0n) is 15.3. The molecular formula is C21H23N3O2. The molecule has 0 radical (unpaired) electrons. The smallest absolute Gasteiger partial charge is 0.251 e. The third-order valence-corrected chi connectivity index (χ3v) is 4.55. The molecule has 1 aromatic heterocycles. The van der Waals surface area contributed by atoms with Crippen molar-refractivity contribution in [1.29, 1.82) is 0 Å².